The molecule has 0 aliphatic heterocycles. The van der Waals surface area contributed by atoms with E-state index in [9.17, 15) is 4.79 Å². The van der Waals surface area contributed by atoms with Gasteiger partial charge in [-0.05, 0) is 29.2 Å². The molecule has 0 aromatic rings. The largest absolute Gasteiger partial charge is 0.507 e. The van der Waals surface area contributed by atoms with Crippen LogP contribution in [0, 0.1) is 10.8 Å². The van der Waals surface area contributed by atoms with Gasteiger partial charge in [-0.2, -0.15) is 0 Å². The molecule has 2 rings (SSSR count). The van der Waals surface area contributed by atoms with Crippen molar-refractivity contribution in [2.75, 3.05) is 0 Å². The molecule has 19 heavy (non-hydrogen) atoms. The lowest BCUT2D eigenvalue weighted by Gasteiger charge is -2.15. The summed E-state index contributed by atoms with van der Waals surface area (Å²) in [7, 11) is 0. The fourth-order valence-corrected chi connectivity index (χ4v) is 1.31. The monoisotopic (exact) mass is 260 g/mol. The molecule has 0 bridgehead atoms. The van der Waals surface area contributed by atoms with Gasteiger partial charge >= 0.3 is 0 Å². The Morgan fingerprint density at radius 1 is 1.11 bits per heavy atom. The second kappa shape index (κ2) is 5.20. The first-order valence-corrected chi connectivity index (χ1v) is 6.58. The van der Waals surface area contributed by atoms with Crippen LogP contribution in [-0.2, 0) is 4.79 Å². The smallest absolute Gasteiger partial charge is 0.160 e. The molecule has 104 valence electrons. The summed E-state index contributed by atoms with van der Waals surface area (Å²) in [6, 6.07) is 5.57. The molecule has 0 aromatic heterocycles. The van der Waals surface area contributed by atoms with E-state index < -0.39 is 0 Å². The minimum atomic E-state index is -0.248. The maximum absolute atomic E-state index is 11.4. The Bertz CT molecular complexity index is 497. The quantitative estimate of drug-likeness (QED) is 0.762. The van der Waals surface area contributed by atoms with E-state index >= 15 is 0 Å². The molecule has 0 radical (unpaired) electrons. The molecule has 0 saturated carbocycles. The number of carbonyl (C=O) groups excluding carboxylic acids is 1. The molecule has 2 heteroatoms. The maximum atomic E-state index is 11.4. The van der Waals surface area contributed by atoms with Crippen molar-refractivity contribution in [2.45, 2.75) is 41.5 Å². The van der Waals surface area contributed by atoms with Crippen LogP contribution in [0.1, 0.15) is 41.5 Å². The van der Waals surface area contributed by atoms with Crippen LogP contribution in [0.3, 0.4) is 0 Å². The van der Waals surface area contributed by atoms with E-state index in [2.05, 4.69) is 20.8 Å². The number of rotatable bonds is 1. The Labute approximate surface area is 116 Å². The van der Waals surface area contributed by atoms with E-state index in [4.69, 9.17) is 5.11 Å². The highest BCUT2D eigenvalue weighted by Crippen LogP contribution is 2.42. The summed E-state index contributed by atoms with van der Waals surface area (Å²) in [4.78, 5) is 11.4. The van der Waals surface area contributed by atoms with E-state index in [1.807, 2.05) is 39.0 Å². The van der Waals surface area contributed by atoms with Crippen molar-refractivity contribution in [3.8, 4) is 16.9 Å². The summed E-state index contributed by atoms with van der Waals surface area (Å²) < 4.78 is 0. The lowest BCUT2D eigenvalue weighted by atomic mass is 9.88. The predicted octanol–water partition coefficient (Wildman–Crippen LogP) is 4.58. The van der Waals surface area contributed by atoms with Crippen LogP contribution < -0.4 is 0 Å². The molecule has 0 spiro atoms. The molecule has 2 nitrogen and oxygen atoms in total. The van der Waals surface area contributed by atoms with Gasteiger partial charge in [-0.25, -0.2) is 0 Å². The number of hydrogen-bond acceptors (Lipinski definition) is 2. The highest BCUT2D eigenvalue weighted by molar-refractivity contribution is 5.93. The second-order valence-electron chi connectivity index (χ2n) is 7.05. The Morgan fingerprint density at radius 2 is 1.68 bits per heavy atom. The number of hydrogen-bond donors (Lipinski definition) is 1. The molecule has 0 saturated heterocycles. The molecular weight excluding hydrogens is 236 g/mol. The van der Waals surface area contributed by atoms with Gasteiger partial charge in [0.1, 0.15) is 5.75 Å². The van der Waals surface area contributed by atoms with E-state index in [0.29, 0.717) is 5.75 Å². The zero-order valence-electron chi connectivity index (χ0n) is 12.7. The summed E-state index contributed by atoms with van der Waals surface area (Å²) in [6.07, 6.45) is 3.65. The van der Waals surface area contributed by atoms with Gasteiger partial charge in [0.25, 0.3) is 0 Å². The third kappa shape index (κ3) is 5.29. The number of aromatic hydroxyl groups is 1. The first kappa shape index (κ1) is 15.5. The average Bonchev–Trinajstić information content (AvgIpc) is 2.93. The highest BCUT2D eigenvalue weighted by atomic mass is 16.3. The first-order chi connectivity index (χ1) is 8.50. The van der Waals surface area contributed by atoms with Crippen molar-refractivity contribution in [3.63, 3.8) is 0 Å². The summed E-state index contributed by atoms with van der Waals surface area (Å²) in [5.74, 6) is 0.618. The van der Waals surface area contributed by atoms with Crippen molar-refractivity contribution in [2.24, 2.45) is 10.8 Å². The molecular formula is C17H24O2. The SMILES string of the molecule is CC(C)(C)C=CC(=O)C(C)(C)C.Oc1ccc2cc1-2. The zero-order valence-corrected chi connectivity index (χ0v) is 12.7. The normalized spacial score (nSPS) is 12.9. The average molecular weight is 260 g/mol. The molecule has 0 aromatic carbocycles. The van der Waals surface area contributed by atoms with Gasteiger partial charge in [0, 0.05) is 11.0 Å². The van der Waals surface area contributed by atoms with Crippen LogP contribution in [0.15, 0.2) is 30.4 Å². The summed E-state index contributed by atoms with van der Waals surface area (Å²) in [6.45, 7) is 12.0. The number of ketones is 1. The number of phenolic OH excluding ortho intramolecular Hbond substituents is 1. The summed E-state index contributed by atoms with van der Waals surface area (Å²) in [5.41, 5.74) is 2.07. The Balaban J connectivity index is 0.000000213. The number of fused-ring (bicyclic) bond motifs is 1. The standard InChI is InChI=1S/C11H20O.C6H4O/c1-10(2,3)8-7-9(12)11(4,5)6;7-6-2-1-4-3-5(4)6/h7-8H,1-6H3;1-3,7H. The maximum Gasteiger partial charge on any atom is 0.160 e. The first-order valence-electron chi connectivity index (χ1n) is 6.58. The van der Waals surface area contributed by atoms with Gasteiger partial charge < -0.3 is 5.11 Å². The summed E-state index contributed by atoms with van der Waals surface area (Å²) in [5, 5.41) is 8.78. The summed E-state index contributed by atoms with van der Waals surface area (Å²) >= 11 is 0. The minimum Gasteiger partial charge on any atom is -0.507 e. The van der Waals surface area contributed by atoms with Gasteiger partial charge in [0.2, 0.25) is 0 Å². The van der Waals surface area contributed by atoms with Crippen molar-refractivity contribution < 1.29 is 9.90 Å². The van der Waals surface area contributed by atoms with Crippen LogP contribution in [0.2, 0.25) is 0 Å². The lowest BCUT2D eigenvalue weighted by molar-refractivity contribution is -0.121. The van der Waals surface area contributed by atoms with Crippen LogP contribution in [0.4, 0.5) is 0 Å². The number of allylic oxidation sites excluding steroid dienone is 2. The Morgan fingerprint density at radius 3 is 1.89 bits per heavy atom. The zero-order chi connectivity index (χ0) is 14.8. The Hall–Kier alpha value is -1.57. The molecule has 0 atom stereocenters. The fourth-order valence-electron chi connectivity index (χ4n) is 1.31. The molecule has 2 aliphatic rings. The van der Waals surface area contributed by atoms with E-state index in [1.165, 1.54) is 5.56 Å². The van der Waals surface area contributed by atoms with Crippen molar-refractivity contribution in [1.82, 2.24) is 0 Å². The topological polar surface area (TPSA) is 37.3 Å². The number of benzene rings is 1. The van der Waals surface area contributed by atoms with Crippen molar-refractivity contribution >= 4 is 5.78 Å². The Kier molecular flexibility index (Phi) is 4.24. The molecule has 0 heterocycles. The van der Waals surface area contributed by atoms with Gasteiger partial charge in [-0.1, -0.05) is 53.7 Å². The molecule has 0 amide bonds. The van der Waals surface area contributed by atoms with Crippen LogP contribution in [0.25, 0.3) is 11.1 Å². The van der Waals surface area contributed by atoms with Crippen LogP contribution >= 0.6 is 0 Å². The third-order valence-corrected chi connectivity index (χ3v) is 2.70. The number of carbonyl (C=O) groups is 1. The van der Waals surface area contributed by atoms with Crippen LogP contribution in [-0.4, -0.2) is 10.9 Å². The van der Waals surface area contributed by atoms with E-state index in [0.717, 1.165) is 5.56 Å². The van der Waals surface area contributed by atoms with Crippen molar-refractivity contribution in [3.05, 3.63) is 30.4 Å². The third-order valence-electron chi connectivity index (χ3n) is 2.70. The minimum absolute atomic E-state index is 0.0981. The highest BCUT2D eigenvalue weighted by Gasteiger charge is 2.18. The van der Waals surface area contributed by atoms with E-state index in [1.54, 1.807) is 12.1 Å². The molecule has 0 unspecified atom stereocenters. The van der Waals surface area contributed by atoms with Crippen molar-refractivity contribution in [1.29, 1.82) is 0 Å². The number of phenols is 1. The lowest BCUT2D eigenvalue weighted by Crippen LogP contribution is -2.18. The van der Waals surface area contributed by atoms with Gasteiger partial charge in [-0.3, -0.25) is 4.79 Å². The van der Waals surface area contributed by atoms with Crippen LogP contribution in [0.5, 0.6) is 5.75 Å². The van der Waals surface area contributed by atoms with Gasteiger partial charge in [0.05, 0.1) is 0 Å². The fraction of sp³-hybridized carbons (Fsp3) is 0.471. The molecule has 2 aliphatic carbocycles. The predicted molar refractivity (Wildman–Crippen MR) is 80.2 cm³/mol. The second-order valence-corrected chi connectivity index (χ2v) is 7.05. The van der Waals surface area contributed by atoms with E-state index in [-0.39, 0.29) is 16.6 Å². The van der Waals surface area contributed by atoms with Gasteiger partial charge in [-0.15, -0.1) is 0 Å². The molecule has 1 N–H and O–H groups in total. The molecule has 0 fully saturated rings. The van der Waals surface area contributed by atoms with Gasteiger partial charge in [0.15, 0.2) is 5.78 Å².